The van der Waals surface area contributed by atoms with E-state index in [9.17, 15) is 0 Å². The first kappa shape index (κ1) is 17.4. The van der Waals surface area contributed by atoms with Gasteiger partial charge in [-0.15, -0.1) is 0 Å². The van der Waals surface area contributed by atoms with Crippen LogP contribution in [0.2, 0.25) is 0 Å². The summed E-state index contributed by atoms with van der Waals surface area (Å²) < 4.78 is 5.58. The van der Waals surface area contributed by atoms with Gasteiger partial charge in [-0.25, -0.2) is 9.97 Å². The molecule has 0 aliphatic carbocycles. The zero-order valence-corrected chi connectivity index (χ0v) is 16.4. The molecule has 0 aliphatic rings. The summed E-state index contributed by atoms with van der Waals surface area (Å²) in [5.74, 6) is 1.41. The number of hydrogen-bond donors (Lipinski definition) is 2. The monoisotopic (exact) mass is 399 g/mol. The summed E-state index contributed by atoms with van der Waals surface area (Å²) in [6.45, 7) is 0. The molecule has 0 fully saturated rings. The Morgan fingerprint density at radius 1 is 0.966 bits per heavy atom. The van der Waals surface area contributed by atoms with Crippen LogP contribution in [-0.4, -0.2) is 27.3 Å². The molecule has 0 unspecified atom stereocenters. The van der Waals surface area contributed by atoms with Crippen molar-refractivity contribution in [1.82, 2.24) is 20.2 Å². The molecule has 0 saturated carbocycles. The Kier molecular flexibility index (Phi) is 4.42. The van der Waals surface area contributed by atoms with E-state index >= 15 is 0 Å². The molecule has 0 bridgehead atoms. The molecule has 5 rings (SSSR count). The molecular weight excluding hydrogens is 382 g/mol. The van der Waals surface area contributed by atoms with E-state index in [0.29, 0.717) is 11.5 Å². The van der Waals surface area contributed by atoms with Crippen LogP contribution in [0.3, 0.4) is 0 Å². The predicted octanol–water partition coefficient (Wildman–Crippen LogP) is 5.50. The minimum absolute atomic E-state index is 0.613. The molecular formula is C22H17N5OS. The average molecular weight is 399 g/mol. The highest BCUT2D eigenvalue weighted by atomic mass is 32.1. The molecule has 29 heavy (non-hydrogen) atoms. The Balaban J connectivity index is 1.62. The lowest BCUT2D eigenvalue weighted by atomic mass is 10.0. The fourth-order valence-electron chi connectivity index (χ4n) is 3.31. The zero-order valence-electron chi connectivity index (χ0n) is 15.6. The zero-order chi connectivity index (χ0) is 19.6. The Bertz CT molecular complexity index is 1270. The summed E-state index contributed by atoms with van der Waals surface area (Å²) in [4.78, 5) is 8.79. The van der Waals surface area contributed by atoms with Crippen LogP contribution in [0, 0.1) is 0 Å². The van der Waals surface area contributed by atoms with Gasteiger partial charge in [0.2, 0.25) is 0 Å². The minimum Gasteiger partial charge on any atom is -0.495 e. The third-order valence-corrected chi connectivity index (χ3v) is 5.40. The standard InChI is InChI=1S/C22H17N5OS/c1-28-18-8-7-15(14-5-3-2-4-6-14)11-17(18)25-21-19-20(16-9-10-29-12-16)26-27-22(19)24-13-23-21/h2-13H,1H3,(H2,23,24,25,26,27). The van der Waals surface area contributed by atoms with E-state index in [4.69, 9.17) is 4.74 Å². The molecule has 6 nitrogen and oxygen atoms in total. The van der Waals surface area contributed by atoms with Gasteiger partial charge in [-0.05, 0) is 34.7 Å². The number of aromatic nitrogens is 4. The first-order valence-electron chi connectivity index (χ1n) is 9.05. The molecule has 3 heterocycles. The second kappa shape index (κ2) is 7.37. The average Bonchev–Trinajstić information content (AvgIpc) is 3.44. The number of aromatic amines is 1. The van der Waals surface area contributed by atoms with Gasteiger partial charge in [-0.1, -0.05) is 36.4 Å². The maximum Gasteiger partial charge on any atom is 0.186 e. The summed E-state index contributed by atoms with van der Waals surface area (Å²) in [6, 6.07) is 18.3. The number of fused-ring (bicyclic) bond motifs is 1. The van der Waals surface area contributed by atoms with Crippen molar-refractivity contribution < 1.29 is 4.74 Å². The van der Waals surface area contributed by atoms with Crippen molar-refractivity contribution >= 4 is 33.9 Å². The molecule has 5 aromatic rings. The molecule has 2 aromatic carbocycles. The lowest BCUT2D eigenvalue weighted by Gasteiger charge is -2.13. The molecule has 0 amide bonds. The van der Waals surface area contributed by atoms with Crippen molar-refractivity contribution in [1.29, 1.82) is 0 Å². The lowest BCUT2D eigenvalue weighted by molar-refractivity contribution is 0.417. The number of nitrogens with one attached hydrogen (secondary N) is 2. The Morgan fingerprint density at radius 3 is 2.66 bits per heavy atom. The van der Waals surface area contributed by atoms with E-state index in [-0.39, 0.29) is 0 Å². The van der Waals surface area contributed by atoms with Crippen molar-refractivity contribution in [2.45, 2.75) is 0 Å². The summed E-state index contributed by atoms with van der Waals surface area (Å²) in [7, 11) is 1.66. The van der Waals surface area contributed by atoms with Gasteiger partial charge in [0.05, 0.1) is 23.9 Å². The topological polar surface area (TPSA) is 75.7 Å². The number of H-pyrrole nitrogens is 1. The maximum atomic E-state index is 5.58. The Labute approximate surface area is 171 Å². The number of hydrogen-bond acceptors (Lipinski definition) is 6. The Morgan fingerprint density at radius 2 is 1.86 bits per heavy atom. The highest BCUT2D eigenvalue weighted by molar-refractivity contribution is 7.08. The first-order valence-corrected chi connectivity index (χ1v) is 10.00. The van der Waals surface area contributed by atoms with E-state index < -0.39 is 0 Å². The smallest absolute Gasteiger partial charge is 0.186 e. The van der Waals surface area contributed by atoms with E-state index in [2.05, 4.69) is 49.1 Å². The minimum atomic E-state index is 0.613. The van der Waals surface area contributed by atoms with Crippen LogP contribution in [0.1, 0.15) is 0 Å². The van der Waals surface area contributed by atoms with Crippen molar-refractivity contribution in [3.63, 3.8) is 0 Å². The fourth-order valence-corrected chi connectivity index (χ4v) is 3.96. The van der Waals surface area contributed by atoms with Gasteiger partial charge >= 0.3 is 0 Å². The molecule has 142 valence electrons. The SMILES string of the molecule is COc1ccc(-c2ccccc2)cc1Nc1ncnc2n[nH]c(-c3ccsc3)c12. The van der Waals surface area contributed by atoms with Crippen LogP contribution in [0.25, 0.3) is 33.4 Å². The van der Waals surface area contributed by atoms with Gasteiger partial charge in [0, 0.05) is 10.9 Å². The second-order valence-corrected chi connectivity index (χ2v) is 7.22. The van der Waals surface area contributed by atoms with Crippen LogP contribution in [0.4, 0.5) is 11.5 Å². The normalized spacial score (nSPS) is 10.9. The number of anilines is 2. The molecule has 0 atom stereocenters. The third-order valence-electron chi connectivity index (χ3n) is 4.72. The van der Waals surface area contributed by atoms with Gasteiger partial charge in [0.15, 0.2) is 5.65 Å². The van der Waals surface area contributed by atoms with Gasteiger partial charge in [-0.3, -0.25) is 5.10 Å². The van der Waals surface area contributed by atoms with Gasteiger partial charge in [0.25, 0.3) is 0 Å². The number of rotatable bonds is 5. The number of methoxy groups -OCH3 is 1. The molecule has 0 spiro atoms. The fraction of sp³-hybridized carbons (Fsp3) is 0.0455. The van der Waals surface area contributed by atoms with E-state index in [0.717, 1.165) is 39.2 Å². The van der Waals surface area contributed by atoms with Crippen molar-refractivity contribution in [2.24, 2.45) is 0 Å². The molecule has 0 aliphatic heterocycles. The van der Waals surface area contributed by atoms with Crippen LogP contribution >= 0.6 is 11.3 Å². The molecule has 7 heteroatoms. The first-order chi connectivity index (χ1) is 14.3. The highest BCUT2D eigenvalue weighted by Crippen LogP contribution is 2.36. The van der Waals surface area contributed by atoms with Crippen LogP contribution in [0.15, 0.2) is 71.7 Å². The number of ether oxygens (including phenoxy) is 1. The van der Waals surface area contributed by atoms with Gasteiger partial charge in [-0.2, -0.15) is 16.4 Å². The van der Waals surface area contributed by atoms with E-state index in [1.54, 1.807) is 18.4 Å². The summed E-state index contributed by atoms with van der Waals surface area (Å²) in [5.41, 5.74) is 5.61. The predicted molar refractivity (Wildman–Crippen MR) is 117 cm³/mol. The third kappa shape index (κ3) is 3.21. The van der Waals surface area contributed by atoms with Gasteiger partial charge in [0.1, 0.15) is 17.9 Å². The number of thiophene rings is 1. The molecule has 0 radical (unpaired) electrons. The van der Waals surface area contributed by atoms with Crippen molar-refractivity contribution in [3.05, 3.63) is 71.7 Å². The van der Waals surface area contributed by atoms with Crippen molar-refractivity contribution in [2.75, 3.05) is 12.4 Å². The molecule has 0 saturated heterocycles. The number of benzene rings is 2. The summed E-state index contributed by atoms with van der Waals surface area (Å²) >= 11 is 1.63. The van der Waals surface area contributed by atoms with E-state index in [1.165, 1.54) is 6.33 Å². The van der Waals surface area contributed by atoms with Crippen LogP contribution in [0.5, 0.6) is 5.75 Å². The maximum absolute atomic E-state index is 5.58. The lowest BCUT2D eigenvalue weighted by Crippen LogP contribution is -1.99. The van der Waals surface area contributed by atoms with Crippen molar-refractivity contribution in [3.8, 4) is 28.1 Å². The molecule has 3 aromatic heterocycles. The van der Waals surface area contributed by atoms with E-state index in [1.807, 2.05) is 41.8 Å². The summed E-state index contributed by atoms with van der Waals surface area (Å²) in [6.07, 6.45) is 1.51. The second-order valence-electron chi connectivity index (χ2n) is 6.44. The number of nitrogens with zero attached hydrogens (tertiary/aromatic N) is 3. The quantitative estimate of drug-likeness (QED) is 0.408. The van der Waals surface area contributed by atoms with Crippen LogP contribution in [-0.2, 0) is 0 Å². The summed E-state index contributed by atoms with van der Waals surface area (Å²) in [5, 5.41) is 15.8. The van der Waals surface area contributed by atoms with Crippen LogP contribution < -0.4 is 10.1 Å². The highest BCUT2D eigenvalue weighted by Gasteiger charge is 2.16. The largest absolute Gasteiger partial charge is 0.495 e. The molecule has 2 N–H and O–H groups in total. The van der Waals surface area contributed by atoms with Gasteiger partial charge < -0.3 is 10.1 Å². The Hall–Kier alpha value is -3.71.